The maximum atomic E-state index is 13.5. The monoisotopic (exact) mass is 458 g/mol. The molecule has 0 heterocycles. The van der Waals surface area contributed by atoms with Gasteiger partial charge in [0.15, 0.2) is 11.4 Å². The predicted molar refractivity (Wildman–Crippen MR) is 106 cm³/mol. The van der Waals surface area contributed by atoms with Crippen LogP contribution in [0.25, 0.3) is 0 Å². The van der Waals surface area contributed by atoms with E-state index in [-0.39, 0.29) is 17.9 Å². The number of nitrogens with zero attached hydrogens (tertiary/aromatic N) is 2. The molecule has 0 atom stereocenters. The molecule has 0 aromatic heterocycles. The number of methoxy groups -OCH3 is 1. The highest BCUT2D eigenvalue weighted by Gasteiger charge is 2.31. The molecule has 32 heavy (non-hydrogen) atoms. The van der Waals surface area contributed by atoms with E-state index in [9.17, 15) is 26.7 Å². The maximum absolute atomic E-state index is 13.5. The third-order valence-electron chi connectivity index (χ3n) is 4.29. The number of carbonyl (C=O) groups excluding carboxylic acids is 1. The van der Waals surface area contributed by atoms with Crippen LogP contribution in [0.5, 0.6) is 0 Å². The lowest BCUT2D eigenvalue weighted by atomic mass is 9.99. The third kappa shape index (κ3) is 6.02. The molecule has 2 aromatic carbocycles. The van der Waals surface area contributed by atoms with Crippen molar-refractivity contribution in [2.75, 3.05) is 14.2 Å². The normalized spacial score (nSPS) is 12.7. The van der Waals surface area contributed by atoms with Crippen molar-refractivity contribution in [3.8, 4) is 0 Å². The number of hydrogen-bond acceptors (Lipinski definition) is 6. The number of alkyl halides is 5. The Balaban J connectivity index is 2.39. The smallest absolute Gasteiger partial charge is 0.416 e. The van der Waals surface area contributed by atoms with Gasteiger partial charge in [-0.1, -0.05) is 40.6 Å². The molecule has 0 N–H and O–H groups in total. The Bertz CT molecular complexity index is 1020. The zero-order chi connectivity index (χ0) is 23.9. The number of halogens is 5. The van der Waals surface area contributed by atoms with Crippen molar-refractivity contribution >= 4 is 17.4 Å². The van der Waals surface area contributed by atoms with Gasteiger partial charge in [-0.15, -0.1) is 0 Å². The van der Waals surface area contributed by atoms with E-state index < -0.39 is 35.4 Å². The highest BCUT2D eigenvalue weighted by Crippen LogP contribution is 2.30. The molecule has 172 valence electrons. The Morgan fingerprint density at radius 2 is 1.75 bits per heavy atom. The Labute approximate surface area is 180 Å². The van der Waals surface area contributed by atoms with Crippen LogP contribution in [0.1, 0.15) is 27.8 Å². The highest BCUT2D eigenvalue weighted by atomic mass is 19.4. The summed E-state index contributed by atoms with van der Waals surface area (Å²) in [6, 6.07) is 8.21. The fraction of sp³-hybridized carbons (Fsp3) is 0.286. The zero-order valence-electron chi connectivity index (χ0n) is 17.2. The molecule has 0 aliphatic rings. The minimum absolute atomic E-state index is 0.187. The molecular weight excluding hydrogens is 439 g/mol. The molecule has 0 spiro atoms. The van der Waals surface area contributed by atoms with Crippen molar-refractivity contribution in [3.05, 3.63) is 70.3 Å². The summed E-state index contributed by atoms with van der Waals surface area (Å²) in [5.74, 6) is -0.806. The Morgan fingerprint density at radius 3 is 2.34 bits per heavy atom. The summed E-state index contributed by atoms with van der Waals surface area (Å²) in [6.07, 6.45) is -7.90. The number of aryl methyl sites for hydroxylation is 1. The van der Waals surface area contributed by atoms with Gasteiger partial charge in [-0.2, -0.15) is 13.2 Å². The van der Waals surface area contributed by atoms with Crippen LogP contribution in [0.4, 0.5) is 22.0 Å². The van der Waals surface area contributed by atoms with Crippen molar-refractivity contribution in [1.82, 2.24) is 0 Å². The van der Waals surface area contributed by atoms with E-state index in [1.165, 1.54) is 13.2 Å². The lowest BCUT2D eigenvalue weighted by Crippen LogP contribution is -2.20. The van der Waals surface area contributed by atoms with Gasteiger partial charge >= 0.3 is 12.1 Å². The van der Waals surface area contributed by atoms with Crippen molar-refractivity contribution in [2.24, 2.45) is 10.3 Å². The van der Waals surface area contributed by atoms with Gasteiger partial charge in [-0.05, 0) is 24.6 Å². The van der Waals surface area contributed by atoms with E-state index in [0.29, 0.717) is 17.2 Å². The van der Waals surface area contributed by atoms with Crippen LogP contribution in [-0.2, 0) is 32.0 Å². The van der Waals surface area contributed by atoms with Gasteiger partial charge < -0.3 is 14.4 Å². The summed E-state index contributed by atoms with van der Waals surface area (Å²) in [6.45, 7) is 1.30. The van der Waals surface area contributed by atoms with Crippen molar-refractivity contribution < 1.29 is 41.2 Å². The summed E-state index contributed by atoms with van der Waals surface area (Å²) in [7, 11) is 2.37. The molecule has 0 amide bonds. The van der Waals surface area contributed by atoms with Crippen LogP contribution < -0.4 is 0 Å². The van der Waals surface area contributed by atoms with Gasteiger partial charge in [0.25, 0.3) is 6.43 Å². The first-order valence-electron chi connectivity index (χ1n) is 9.04. The molecule has 0 aliphatic carbocycles. The highest BCUT2D eigenvalue weighted by molar-refractivity contribution is 6.43. The summed E-state index contributed by atoms with van der Waals surface area (Å²) < 4.78 is 70.4. The van der Waals surface area contributed by atoms with Gasteiger partial charge in [-0.3, -0.25) is 0 Å². The SMILES string of the molecule is CO/N=C(/C(=O)OC)c1cccc(C)c1CO/N=C(/c1cccc(C(F)(F)F)c1)C(F)F. The average Bonchev–Trinajstić information content (AvgIpc) is 2.74. The minimum Gasteiger partial charge on any atom is -0.464 e. The zero-order valence-corrected chi connectivity index (χ0v) is 17.2. The lowest BCUT2D eigenvalue weighted by molar-refractivity contribution is -0.137. The second-order valence-corrected chi connectivity index (χ2v) is 6.34. The van der Waals surface area contributed by atoms with Gasteiger partial charge in [0, 0.05) is 16.7 Å². The molecule has 11 heteroatoms. The molecule has 0 radical (unpaired) electrons. The molecule has 0 bridgehead atoms. The molecule has 2 aromatic rings. The first-order valence-corrected chi connectivity index (χ1v) is 9.04. The first-order chi connectivity index (χ1) is 15.1. The number of ether oxygens (including phenoxy) is 1. The largest absolute Gasteiger partial charge is 0.464 e. The van der Waals surface area contributed by atoms with Crippen LogP contribution >= 0.6 is 0 Å². The van der Waals surface area contributed by atoms with Crippen molar-refractivity contribution in [3.63, 3.8) is 0 Å². The molecule has 6 nitrogen and oxygen atoms in total. The number of benzene rings is 2. The van der Waals surface area contributed by atoms with E-state index in [1.54, 1.807) is 19.1 Å². The topological polar surface area (TPSA) is 69.5 Å². The van der Waals surface area contributed by atoms with Gasteiger partial charge in [0.1, 0.15) is 13.7 Å². The first kappa shape index (κ1) is 24.8. The molecule has 0 unspecified atom stereocenters. The third-order valence-corrected chi connectivity index (χ3v) is 4.29. The number of esters is 1. The summed E-state index contributed by atoms with van der Waals surface area (Å²) in [5, 5.41) is 7.02. The Kier molecular flexibility index (Phi) is 8.27. The van der Waals surface area contributed by atoms with E-state index >= 15 is 0 Å². The fourth-order valence-electron chi connectivity index (χ4n) is 2.74. The second kappa shape index (κ2) is 10.7. The fourth-order valence-corrected chi connectivity index (χ4v) is 2.74. The quantitative estimate of drug-likeness (QED) is 0.248. The minimum atomic E-state index is -4.70. The Morgan fingerprint density at radius 1 is 1.06 bits per heavy atom. The van der Waals surface area contributed by atoms with Crippen LogP contribution in [0.15, 0.2) is 52.8 Å². The molecule has 0 saturated heterocycles. The molecular formula is C21H19F5N2O4. The standard InChI is InChI=1S/C21H19F5N2O4/c1-12-6-4-9-15(18(27-31-3)20(29)30-2)16(12)11-32-28-17(19(22)23)13-7-5-8-14(10-13)21(24,25)26/h4-10,19H,11H2,1-3H3/b27-18+,28-17-. The maximum Gasteiger partial charge on any atom is 0.416 e. The summed E-state index contributed by atoms with van der Waals surface area (Å²) >= 11 is 0. The molecule has 2 rings (SSSR count). The van der Waals surface area contributed by atoms with Gasteiger partial charge in [-0.25, -0.2) is 13.6 Å². The summed E-state index contributed by atoms with van der Waals surface area (Å²) in [4.78, 5) is 21.8. The number of oxime groups is 2. The second-order valence-electron chi connectivity index (χ2n) is 6.34. The van der Waals surface area contributed by atoms with Crippen molar-refractivity contribution in [2.45, 2.75) is 26.1 Å². The van der Waals surface area contributed by atoms with Crippen molar-refractivity contribution in [1.29, 1.82) is 0 Å². The van der Waals surface area contributed by atoms with E-state index in [2.05, 4.69) is 19.9 Å². The van der Waals surface area contributed by atoms with Gasteiger partial charge in [0.05, 0.1) is 12.7 Å². The number of hydrogen-bond donors (Lipinski definition) is 0. The van der Waals surface area contributed by atoms with Gasteiger partial charge in [0.2, 0.25) is 0 Å². The van der Waals surface area contributed by atoms with Crippen LogP contribution in [-0.4, -0.2) is 38.0 Å². The summed E-state index contributed by atoms with van der Waals surface area (Å²) in [5.41, 5.74) is -1.44. The number of carbonyl (C=O) groups is 1. The predicted octanol–water partition coefficient (Wildman–Crippen LogP) is 4.72. The van der Waals surface area contributed by atoms with Crippen LogP contribution in [0.3, 0.4) is 0 Å². The van der Waals surface area contributed by atoms with Crippen LogP contribution in [0, 0.1) is 6.92 Å². The molecule has 0 aliphatic heterocycles. The lowest BCUT2D eigenvalue weighted by Gasteiger charge is -2.13. The Hall–Kier alpha value is -3.50. The molecule has 0 saturated carbocycles. The van der Waals surface area contributed by atoms with E-state index in [0.717, 1.165) is 25.3 Å². The number of rotatable bonds is 8. The average molecular weight is 458 g/mol. The van der Waals surface area contributed by atoms with Crippen LogP contribution in [0.2, 0.25) is 0 Å². The van der Waals surface area contributed by atoms with E-state index in [1.807, 2.05) is 0 Å². The molecule has 0 fully saturated rings. The van der Waals surface area contributed by atoms with E-state index in [4.69, 9.17) is 4.84 Å².